The van der Waals surface area contributed by atoms with Gasteiger partial charge in [0, 0.05) is 24.3 Å². The number of pyridine rings is 1. The number of anilines is 1. The van der Waals surface area contributed by atoms with Crippen molar-refractivity contribution in [2.75, 3.05) is 11.9 Å². The Balaban J connectivity index is 2.18. The summed E-state index contributed by atoms with van der Waals surface area (Å²) in [7, 11) is 0. The van der Waals surface area contributed by atoms with Crippen LogP contribution in [0.1, 0.15) is 30.5 Å². The number of aliphatic hydroxyl groups excluding tert-OH is 1. The minimum absolute atomic E-state index is 0.200. The molecule has 1 aliphatic rings. The van der Waals surface area contributed by atoms with Gasteiger partial charge in [-0.05, 0) is 31.9 Å². The monoisotopic (exact) mass is 231 g/mol. The molecule has 0 bridgehead atoms. The highest BCUT2D eigenvalue weighted by Gasteiger charge is 2.27. The van der Waals surface area contributed by atoms with Crippen molar-refractivity contribution in [3.05, 3.63) is 23.4 Å². The van der Waals surface area contributed by atoms with Crippen LogP contribution in [-0.2, 0) is 0 Å². The lowest BCUT2D eigenvalue weighted by molar-refractivity contribution is 0.222. The predicted octanol–water partition coefficient (Wildman–Crippen LogP) is 1.83. The van der Waals surface area contributed by atoms with Gasteiger partial charge in [0.2, 0.25) is 0 Å². The number of aliphatic hydroxyl groups is 1. The number of nitriles is 1. The molecule has 0 radical (unpaired) electrons. The van der Waals surface area contributed by atoms with Crippen molar-refractivity contribution < 1.29 is 5.11 Å². The number of nitrogens with zero attached hydrogens (tertiary/aromatic N) is 2. The van der Waals surface area contributed by atoms with Crippen LogP contribution in [0.5, 0.6) is 0 Å². The van der Waals surface area contributed by atoms with Gasteiger partial charge in [-0.15, -0.1) is 0 Å². The van der Waals surface area contributed by atoms with Gasteiger partial charge in [0.15, 0.2) is 0 Å². The van der Waals surface area contributed by atoms with E-state index >= 15 is 0 Å². The minimum Gasteiger partial charge on any atom is -0.396 e. The molecule has 4 nitrogen and oxygen atoms in total. The van der Waals surface area contributed by atoms with Crippen molar-refractivity contribution in [3.63, 3.8) is 0 Å². The van der Waals surface area contributed by atoms with Crippen LogP contribution in [0.4, 0.5) is 5.82 Å². The Kier molecular flexibility index (Phi) is 3.60. The fourth-order valence-electron chi connectivity index (χ4n) is 2.38. The number of nitrogens with one attached hydrogen (secondary N) is 1. The van der Waals surface area contributed by atoms with E-state index in [1.165, 1.54) is 0 Å². The number of hydrogen-bond donors (Lipinski definition) is 2. The lowest BCUT2D eigenvalue weighted by Gasteiger charge is -2.20. The van der Waals surface area contributed by atoms with E-state index < -0.39 is 0 Å². The number of rotatable bonds is 3. The van der Waals surface area contributed by atoms with Crippen LogP contribution in [0, 0.1) is 24.2 Å². The maximum absolute atomic E-state index is 9.27. The summed E-state index contributed by atoms with van der Waals surface area (Å²) in [6, 6.07) is 6.00. The molecule has 1 aromatic rings. The van der Waals surface area contributed by atoms with E-state index in [0.717, 1.165) is 25.0 Å². The molecule has 1 saturated carbocycles. The molecule has 0 aromatic carbocycles. The van der Waals surface area contributed by atoms with Crippen molar-refractivity contribution in [1.29, 1.82) is 5.26 Å². The molecule has 17 heavy (non-hydrogen) atoms. The maximum atomic E-state index is 9.27. The van der Waals surface area contributed by atoms with Gasteiger partial charge < -0.3 is 10.4 Å². The first-order valence-corrected chi connectivity index (χ1v) is 5.99. The first-order valence-electron chi connectivity index (χ1n) is 5.99. The molecule has 4 heteroatoms. The molecule has 2 N–H and O–H groups in total. The van der Waals surface area contributed by atoms with Gasteiger partial charge in [0.1, 0.15) is 11.9 Å². The van der Waals surface area contributed by atoms with E-state index in [0.29, 0.717) is 11.4 Å². The fourth-order valence-corrected chi connectivity index (χ4v) is 2.38. The van der Waals surface area contributed by atoms with E-state index in [1.54, 1.807) is 6.07 Å². The highest BCUT2D eigenvalue weighted by atomic mass is 16.3. The molecule has 0 spiro atoms. The molecule has 1 aliphatic carbocycles. The summed E-state index contributed by atoms with van der Waals surface area (Å²) in [6.07, 6.45) is 3.20. The smallest absolute Gasteiger partial charge is 0.144 e. The Morgan fingerprint density at radius 2 is 2.35 bits per heavy atom. The van der Waals surface area contributed by atoms with Gasteiger partial charge in [-0.1, -0.05) is 6.42 Å². The molecule has 1 heterocycles. The number of hydrogen-bond acceptors (Lipinski definition) is 4. The summed E-state index contributed by atoms with van der Waals surface area (Å²) < 4.78 is 0. The first kappa shape index (κ1) is 11.9. The second-order valence-electron chi connectivity index (χ2n) is 4.58. The normalized spacial score (nSPS) is 23.4. The topological polar surface area (TPSA) is 68.9 Å². The van der Waals surface area contributed by atoms with Crippen molar-refractivity contribution in [3.8, 4) is 6.07 Å². The molecule has 2 unspecified atom stereocenters. The van der Waals surface area contributed by atoms with Gasteiger partial charge >= 0.3 is 0 Å². The molecule has 0 saturated heterocycles. The Morgan fingerprint density at radius 1 is 1.53 bits per heavy atom. The summed E-state index contributed by atoms with van der Waals surface area (Å²) in [5.74, 6) is 0.932. The van der Waals surface area contributed by atoms with Crippen LogP contribution in [0.3, 0.4) is 0 Å². The zero-order valence-electron chi connectivity index (χ0n) is 9.98. The van der Waals surface area contributed by atoms with Gasteiger partial charge in [0.25, 0.3) is 0 Å². The zero-order valence-corrected chi connectivity index (χ0v) is 9.98. The third kappa shape index (κ3) is 2.56. The Hall–Kier alpha value is -1.60. The Labute approximate surface area is 101 Å². The van der Waals surface area contributed by atoms with Crippen molar-refractivity contribution in [1.82, 2.24) is 4.98 Å². The van der Waals surface area contributed by atoms with Gasteiger partial charge in [-0.25, -0.2) is 4.98 Å². The summed E-state index contributed by atoms with van der Waals surface area (Å²) in [4.78, 5) is 4.36. The lowest BCUT2D eigenvalue weighted by Crippen LogP contribution is -2.27. The standard InChI is InChI=1S/C13H17N3O/c1-9-5-6-10(7-14)13(15-9)16-12-4-2-3-11(12)8-17/h5-6,11-12,17H,2-4,8H2,1H3,(H,15,16). The molecular weight excluding hydrogens is 214 g/mol. The minimum atomic E-state index is 0.200. The fraction of sp³-hybridized carbons (Fsp3) is 0.538. The highest BCUT2D eigenvalue weighted by molar-refractivity contribution is 5.52. The van der Waals surface area contributed by atoms with E-state index in [4.69, 9.17) is 5.26 Å². The Morgan fingerprint density at radius 3 is 3.06 bits per heavy atom. The highest BCUT2D eigenvalue weighted by Crippen LogP contribution is 2.28. The molecule has 1 fully saturated rings. The Bertz CT molecular complexity index is 439. The lowest BCUT2D eigenvalue weighted by atomic mass is 10.0. The van der Waals surface area contributed by atoms with Gasteiger partial charge in [-0.2, -0.15) is 5.26 Å². The van der Waals surface area contributed by atoms with Crippen LogP contribution in [0.2, 0.25) is 0 Å². The van der Waals surface area contributed by atoms with Crippen LogP contribution in [0.25, 0.3) is 0 Å². The summed E-state index contributed by atoms with van der Waals surface area (Å²) in [6.45, 7) is 2.11. The average Bonchev–Trinajstić information content (AvgIpc) is 2.77. The van der Waals surface area contributed by atoms with Crippen molar-refractivity contribution in [2.45, 2.75) is 32.2 Å². The first-order chi connectivity index (χ1) is 8.24. The predicted molar refractivity (Wildman–Crippen MR) is 65.5 cm³/mol. The molecule has 2 atom stereocenters. The number of aromatic nitrogens is 1. The molecule has 0 amide bonds. The van der Waals surface area contributed by atoms with E-state index in [9.17, 15) is 5.11 Å². The van der Waals surface area contributed by atoms with Crippen LogP contribution >= 0.6 is 0 Å². The van der Waals surface area contributed by atoms with Crippen molar-refractivity contribution >= 4 is 5.82 Å². The second kappa shape index (κ2) is 5.15. The van der Waals surface area contributed by atoms with E-state index in [1.807, 2.05) is 13.0 Å². The third-order valence-corrected chi connectivity index (χ3v) is 3.37. The second-order valence-corrected chi connectivity index (χ2v) is 4.58. The number of aryl methyl sites for hydroxylation is 1. The summed E-state index contributed by atoms with van der Waals surface area (Å²) in [5, 5.41) is 21.6. The average molecular weight is 231 g/mol. The molecule has 2 rings (SSSR count). The van der Waals surface area contributed by atoms with Crippen LogP contribution < -0.4 is 5.32 Å². The largest absolute Gasteiger partial charge is 0.396 e. The summed E-state index contributed by atoms with van der Waals surface area (Å²) >= 11 is 0. The van der Waals surface area contributed by atoms with Gasteiger partial charge in [-0.3, -0.25) is 0 Å². The third-order valence-electron chi connectivity index (χ3n) is 3.37. The quantitative estimate of drug-likeness (QED) is 0.832. The van der Waals surface area contributed by atoms with Crippen LogP contribution in [0.15, 0.2) is 12.1 Å². The summed E-state index contributed by atoms with van der Waals surface area (Å²) in [5.41, 5.74) is 1.46. The molecule has 1 aromatic heterocycles. The molecule has 90 valence electrons. The zero-order chi connectivity index (χ0) is 12.3. The SMILES string of the molecule is Cc1ccc(C#N)c(NC2CCCC2CO)n1. The van der Waals surface area contributed by atoms with Crippen molar-refractivity contribution in [2.24, 2.45) is 5.92 Å². The van der Waals surface area contributed by atoms with Gasteiger partial charge in [0.05, 0.1) is 5.56 Å². The van der Waals surface area contributed by atoms with Crippen LogP contribution in [-0.4, -0.2) is 22.7 Å². The van der Waals surface area contributed by atoms with E-state index in [2.05, 4.69) is 16.4 Å². The molecule has 0 aliphatic heterocycles. The molecular formula is C13H17N3O. The maximum Gasteiger partial charge on any atom is 0.144 e. The van der Waals surface area contributed by atoms with E-state index in [-0.39, 0.29) is 18.6 Å².